The van der Waals surface area contributed by atoms with Gasteiger partial charge in [0.25, 0.3) is 0 Å². The average Bonchev–Trinajstić information content (AvgIpc) is 2.36. The van der Waals surface area contributed by atoms with Gasteiger partial charge in [-0.05, 0) is 13.3 Å². The highest BCUT2D eigenvalue weighted by atomic mass is 16.5. The molecule has 20 heavy (non-hydrogen) atoms. The van der Waals surface area contributed by atoms with Crippen molar-refractivity contribution in [3.63, 3.8) is 0 Å². The number of hydrogen-bond acceptors (Lipinski definition) is 5. The molecule has 3 N–H and O–H groups in total. The van der Waals surface area contributed by atoms with Crippen LogP contribution in [0.2, 0.25) is 0 Å². The van der Waals surface area contributed by atoms with Crippen LogP contribution in [-0.2, 0) is 14.3 Å². The second-order valence-corrected chi connectivity index (χ2v) is 4.35. The van der Waals surface area contributed by atoms with Gasteiger partial charge in [-0.2, -0.15) is 0 Å². The Hall–Kier alpha value is -1.67. The minimum atomic E-state index is -1.01. The third kappa shape index (κ3) is 8.44. The van der Waals surface area contributed by atoms with E-state index in [4.69, 9.17) is 9.84 Å². The molecule has 0 saturated heterocycles. The Kier molecular flexibility index (Phi) is 9.31. The Morgan fingerprint density at radius 3 is 2.45 bits per heavy atom. The Bertz CT molecular complexity index is 335. The number of nitrogens with zero attached hydrogens (tertiary/aromatic N) is 1. The topological polar surface area (TPSA) is 108 Å². The maximum absolute atomic E-state index is 11.7. The van der Waals surface area contributed by atoms with Crippen molar-refractivity contribution in [2.75, 3.05) is 33.4 Å². The van der Waals surface area contributed by atoms with Gasteiger partial charge in [0.05, 0.1) is 19.7 Å². The van der Waals surface area contributed by atoms with Gasteiger partial charge in [-0.15, -0.1) is 0 Å². The number of methoxy groups -OCH3 is 1. The lowest BCUT2D eigenvalue weighted by Gasteiger charge is -2.25. The number of amides is 3. The van der Waals surface area contributed by atoms with Gasteiger partial charge in [-0.1, -0.05) is 6.92 Å². The van der Waals surface area contributed by atoms with Crippen molar-refractivity contribution in [2.24, 2.45) is 0 Å². The van der Waals surface area contributed by atoms with E-state index in [1.165, 1.54) is 12.0 Å². The molecule has 8 nitrogen and oxygen atoms in total. The Morgan fingerprint density at radius 2 is 1.95 bits per heavy atom. The largest absolute Gasteiger partial charge is 0.480 e. The van der Waals surface area contributed by atoms with E-state index in [-0.39, 0.29) is 19.1 Å². The van der Waals surface area contributed by atoms with Crippen molar-refractivity contribution < 1.29 is 24.2 Å². The quantitative estimate of drug-likeness (QED) is 0.500. The van der Waals surface area contributed by atoms with Crippen molar-refractivity contribution in [1.82, 2.24) is 15.5 Å². The minimum Gasteiger partial charge on any atom is -0.480 e. The first-order valence-electron chi connectivity index (χ1n) is 6.43. The van der Waals surface area contributed by atoms with Crippen molar-refractivity contribution in [3.8, 4) is 0 Å². The molecule has 0 aliphatic heterocycles. The summed E-state index contributed by atoms with van der Waals surface area (Å²) in [6, 6.07) is -0.681. The molecule has 0 bridgehead atoms. The van der Waals surface area contributed by atoms with Crippen LogP contribution in [0.15, 0.2) is 0 Å². The first kappa shape index (κ1) is 18.3. The molecule has 0 heterocycles. The Labute approximate surface area is 118 Å². The zero-order chi connectivity index (χ0) is 15.5. The number of nitrogens with one attached hydrogen (secondary N) is 2. The molecule has 0 aromatic carbocycles. The molecule has 0 aliphatic rings. The van der Waals surface area contributed by atoms with E-state index in [0.29, 0.717) is 19.6 Å². The molecule has 0 aliphatic carbocycles. The molecule has 0 aromatic rings. The highest BCUT2D eigenvalue weighted by molar-refractivity contribution is 5.95. The minimum absolute atomic E-state index is 0.0617. The number of carbonyl (C=O) groups is 3. The monoisotopic (exact) mass is 289 g/mol. The molecular weight excluding hydrogens is 266 g/mol. The number of ether oxygens (including phenoxy) is 1. The molecule has 0 aromatic heterocycles. The predicted molar refractivity (Wildman–Crippen MR) is 72.4 cm³/mol. The number of aliphatic carboxylic acids is 1. The third-order valence-corrected chi connectivity index (χ3v) is 2.74. The fraction of sp³-hybridized carbons (Fsp3) is 0.750. The lowest BCUT2D eigenvalue weighted by Crippen LogP contribution is -2.48. The van der Waals surface area contributed by atoms with Crippen molar-refractivity contribution in [2.45, 2.75) is 26.3 Å². The van der Waals surface area contributed by atoms with E-state index >= 15 is 0 Å². The third-order valence-electron chi connectivity index (χ3n) is 2.74. The van der Waals surface area contributed by atoms with E-state index in [0.717, 1.165) is 0 Å². The van der Waals surface area contributed by atoms with Gasteiger partial charge >= 0.3 is 12.0 Å². The molecule has 3 amide bonds. The molecular formula is C12H23N3O5. The maximum Gasteiger partial charge on any atom is 0.321 e. The highest BCUT2D eigenvalue weighted by Gasteiger charge is 2.19. The summed E-state index contributed by atoms with van der Waals surface area (Å²) in [5.41, 5.74) is 0. The fourth-order valence-corrected chi connectivity index (χ4v) is 1.46. The van der Waals surface area contributed by atoms with E-state index in [2.05, 4.69) is 10.6 Å². The summed E-state index contributed by atoms with van der Waals surface area (Å²) in [6.45, 7) is 3.98. The summed E-state index contributed by atoms with van der Waals surface area (Å²) in [5.74, 6) is -1.55. The summed E-state index contributed by atoms with van der Waals surface area (Å²) in [7, 11) is 1.50. The van der Waals surface area contributed by atoms with Crippen LogP contribution in [-0.4, -0.2) is 67.3 Å². The Balaban J connectivity index is 4.24. The van der Waals surface area contributed by atoms with Crippen LogP contribution in [0.5, 0.6) is 0 Å². The number of carboxylic acid groups (broad SMARTS) is 1. The molecule has 0 saturated carbocycles. The van der Waals surface area contributed by atoms with Crippen LogP contribution < -0.4 is 10.6 Å². The number of imide groups is 1. The van der Waals surface area contributed by atoms with Crippen LogP contribution in [0, 0.1) is 0 Å². The zero-order valence-electron chi connectivity index (χ0n) is 12.1. The first-order valence-corrected chi connectivity index (χ1v) is 6.43. The summed E-state index contributed by atoms with van der Waals surface area (Å²) in [5, 5.41) is 13.4. The Morgan fingerprint density at radius 1 is 1.30 bits per heavy atom. The van der Waals surface area contributed by atoms with E-state index in [9.17, 15) is 14.4 Å². The SMILES string of the molecule is CCC(C)N(CC(=O)O)CC(=O)NC(=O)NCCOC. The van der Waals surface area contributed by atoms with Crippen molar-refractivity contribution in [1.29, 1.82) is 0 Å². The van der Waals surface area contributed by atoms with E-state index in [1.807, 2.05) is 13.8 Å². The molecule has 0 fully saturated rings. The zero-order valence-corrected chi connectivity index (χ0v) is 12.1. The number of carbonyl (C=O) groups excluding carboxylic acids is 2. The predicted octanol–water partition coefficient (Wildman–Crippen LogP) is -0.356. The molecule has 0 rings (SSSR count). The van der Waals surface area contributed by atoms with Crippen LogP contribution in [0.3, 0.4) is 0 Å². The smallest absolute Gasteiger partial charge is 0.321 e. The fourth-order valence-electron chi connectivity index (χ4n) is 1.46. The molecule has 0 spiro atoms. The van der Waals surface area contributed by atoms with Crippen molar-refractivity contribution in [3.05, 3.63) is 0 Å². The summed E-state index contributed by atoms with van der Waals surface area (Å²) in [6.07, 6.45) is 0.709. The van der Waals surface area contributed by atoms with Gasteiger partial charge in [0.15, 0.2) is 0 Å². The van der Waals surface area contributed by atoms with Gasteiger partial charge in [0.2, 0.25) is 5.91 Å². The second kappa shape index (κ2) is 10.2. The summed E-state index contributed by atoms with van der Waals surface area (Å²) < 4.78 is 4.75. The highest BCUT2D eigenvalue weighted by Crippen LogP contribution is 2.02. The first-order chi connectivity index (χ1) is 9.40. The normalized spacial score (nSPS) is 12.0. The number of carboxylic acids is 1. The van der Waals surface area contributed by atoms with E-state index in [1.54, 1.807) is 0 Å². The van der Waals surface area contributed by atoms with Crippen LogP contribution in [0.25, 0.3) is 0 Å². The van der Waals surface area contributed by atoms with Gasteiger partial charge in [0, 0.05) is 19.7 Å². The summed E-state index contributed by atoms with van der Waals surface area (Å²) >= 11 is 0. The summed E-state index contributed by atoms with van der Waals surface area (Å²) in [4.78, 5) is 35.2. The standard InChI is InChI=1S/C12H23N3O5/c1-4-9(2)15(8-11(17)18)7-10(16)14-12(19)13-5-6-20-3/h9H,4-8H2,1-3H3,(H,17,18)(H2,13,14,16,19). The number of hydrogen-bond donors (Lipinski definition) is 3. The van der Waals surface area contributed by atoms with Crippen LogP contribution in [0.1, 0.15) is 20.3 Å². The number of rotatable bonds is 9. The van der Waals surface area contributed by atoms with Gasteiger partial charge in [-0.25, -0.2) is 4.79 Å². The van der Waals surface area contributed by atoms with Crippen LogP contribution in [0.4, 0.5) is 4.79 Å². The molecule has 1 atom stereocenters. The van der Waals surface area contributed by atoms with E-state index < -0.39 is 17.9 Å². The maximum atomic E-state index is 11.7. The molecule has 1 unspecified atom stereocenters. The van der Waals surface area contributed by atoms with Gasteiger partial charge in [0.1, 0.15) is 0 Å². The van der Waals surface area contributed by atoms with Crippen LogP contribution >= 0.6 is 0 Å². The molecule has 0 radical (unpaired) electrons. The second-order valence-electron chi connectivity index (χ2n) is 4.35. The van der Waals surface area contributed by atoms with Crippen molar-refractivity contribution >= 4 is 17.9 Å². The lowest BCUT2D eigenvalue weighted by atomic mass is 10.2. The van der Waals surface area contributed by atoms with Gasteiger partial charge in [-0.3, -0.25) is 19.8 Å². The average molecular weight is 289 g/mol. The van der Waals surface area contributed by atoms with Gasteiger partial charge < -0.3 is 15.2 Å². The number of urea groups is 1. The molecule has 8 heteroatoms. The lowest BCUT2D eigenvalue weighted by molar-refractivity contribution is -0.139. The molecule has 116 valence electrons.